The number of hydrogen-bond donors (Lipinski definition) is 1. The molecule has 72 valence electrons. The van der Waals surface area contributed by atoms with Gasteiger partial charge in [-0.25, -0.2) is 0 Å². The van der Waals surface area contributed by atoms with E-state index in [0.717, 1.165) is 5.92 Å². The lowest BCUT2D eigenvalue weighted by molar-refractivity contribution is 0.0411. The summed E-state index contributed by atoms with van der Waals surface area (Å²) < 4.78 is 5.34. The van der Waals surface area contributed by atoms with Gasteiger partial charge in [0, 0.05) is 7.11 Å². The Hall–Kier alpha value is -0.0800. The molecule has 1 fully saturated rings. The Kier molecular flexibility index (Phi) is 4.02. The van der Waals surface area contributed by atoms with Gasteiger partial charge in [0.25, 0.3) is 0 Å². The molecule has 0 saturated carbocycles. The minimum absolute atomic E-state index is 0.410. The van der Waals surface area contributed by atoms with Crippen LogP contribution in [-0.2, 0) is 4.74 Å². The van der Waals surface area contributed by atoms with E-state index in [0.29, 0.717) is 12.0 Å². The molecule has 0 radical (unpaired) electrons. The molecular weight excluding hydrogens is 150 g/mol. The highest BCUT2D eigenvalue weighted by Gasteiger charge is 2.23. The number of piperidine rings is 1. The van der Waals surface area contributed by atoms with E-state index in [2.05, 4.69) is 19.2 Å². The monoisotopic (exact) mass is 171 g/mol. The van der Waals surface area contributed by atoms with Crippen molar-refractivity contribution in [2.24, 2.45) is 11.8 Å². The minimum Gasteiger partial charge on any atom is -0.381 e. The Balaban J connectivity index is 2.33. The summed E-state index contributed by atoms with van der Waals surface area (Å²) in [4.78, 5) is 0. The zero-order chi connectivity index (χ0) is 8.97. The van der Waals surface area contributed by atoms with Gasteiger partial charge < -0.3 is 10.1 Å². The fourth-order valence-electron chi connectivity index (χ4n) is 1.97. The van der Waals surface area contributed by atoms with E-state index >= 15 is 0 Å². The maximum Gasteiger partial charge on any atom is 0.0571 e. The SMILES string of the molecule is COC(C)C(C)C1CCNCC1. The minimum atomic E-state index is 0.410. The van der Waals surface area contributed by atoms with Crippen LogP contribution < -0.4 is 5.32 Å². The normalized spacial score (nSPS) is 25.2. The Labute approximate surface area is 75.7 Å². The van der Waals surface area contributed by atoms with Crippen molar-refractivity contribution >= 4 is 0 Å². The van der Waals surface area contributed by atoms with Crippen LogP contribution in [0.4, 0.5) is 0 Å². The van der Waals surface area contributed by atoms with Gasteiger partial charge in [-0.1, -0.05) is 6.92 Å². The van der Waals surface area contributed by atoms with Gasteiger partial charge >= 0.3 is 0 Å². The Morgan fingerprint density at radius 2 is 1.83 bits per heavy atom. The summed E-state index contributed by atoms with van der Waals surface area (Å²) in [5, 5.41) is 3.39. The van der Waals surface area contributed by atoms with Gasteiger partial charge in [-0.3, -0.25) is 0 Å². The molecule has 1 heterocycles. The van der Waals surface area contributed by atoms with Crippen LogP contribution in [0, 0.1) is 11.8 Å². The van der Waals surface area contributed by atoms with Gasteiger partial charge in [-0.05, 0) is 44.7 Å². The predicted octanol–water partition coefficient (Wildman–Crippen LogP) is 1.66. The summed E-state index contributed by atoms with van der Waals surface area (Å²) in [5.41, 5.74) is 0. The second-order valence-electron chi connectivity index (χ2n) is 3.89. The first-order valence-electron chi connectivity index (χ1n) is 4.99. The number of ether oxygens (including phenoxy) is 1. The lowest BCUT2D eigenvalue weighted by Gasteiger charge is -2.31. The number of rotatable bonds is 3. The third kappa shape index (κ3) is 2.46. The topological polar surface area (TPSA) is 21.3 Å². The lowest BCUT2D eigenvalue weighted by Crippen LogP contribution is -2.34. The second kappa shape index (κ2) is 4.83. The summed E-state index contributed by atoms with van der Waals surface area (Å²) in [5.74, 6) is 1.57. The molecule has 1 aliphatic rings. The molecule has 0 aliphatic carbocycles. The summed E-state index contributed by atoms with van der Waals surface area (Å²) in [6.07, 6.45) is 3.04. The molecule has 0 bridgehead atoms. The molecule has 2 atom stereocenters. The van der Waals surface area contributed by atoms with Crippen molar-refractivity contribution in [3.05, 3.63) is 0 Å². The van der Waals surface area contributed by atoms with Crippen molar-refractivity contribution in [2.75, 3.05) is 20.2 Å². The summed E-state index contributed by atoms with van der Waals surface area (Å²) in [7, 11) is 1.81. The van der Waals surface area contributed by atoms with E-state index in [4.69, 9.17) is 4.74 Å². The molecule has 0 aromatic heterocycles. The largest absolute Gasteiger partial charge is 0.381 e. The molecule has 2 unspecified atom stereocenters. The van der Waals surface area contributed by atoms with Crippen LogP contribution in [0.1, 0.15) is 26.7 Å². The summed E-state index contributed by atoms with van der Waals surface area (Å²) in [6, 6.07) is 0. The van der Waals surface area contributed by atoms with E-state index < -0.39 is 0 Å². The zero-order valence-electron chi connectivity index (χ0n) is 8.47. The fourth-order valence-corrected chi connectivity index (χ4v) is 1.97. The van der Waals surface area contributed by atoms with Crippen LogP contribution in [0.25, 0.3) is 0 Å². The zero-order valence-corrected chi connectivity index (χ0v) is 8.47. The molecule has 2 nitrogen and oxygen atoms in total. The van der Waals surface area contributed by atoms with Crippen LogP contribution in [-0.4, -0.2) is 26.3 Å². The maximum atomic E-state index is 5.34. The Morgan fingerprint density at radius 1 is 1.25 bits per heavy atom. The van der Waals surface area contributed by atoms with Crippen LogP contribution in [0.2, 0.25) is 0 Å². The Bertz CT molecular complexity index is 121. The van der Waals surface area contributed by atoms with E-state index in [-0.39, 0.29) is 0 Å². The summed E-state index contributed by atoms with van der Waals surface area (Å²) >= 11 is 0. The van der Waals surface area contributed by atoms with Gasteiger partial charge in [-0.2, -0.15) is 0 Å². The van der Waals surface area contributed by atoms with Gasteiger partial charge in [0.05, 0.1) is 6.10 Å². The van der Waals surface area contributed by atoms with Gasteiger partial charge in [0.1, 0.15) is 0 Å². The van der Waals surface area contributed by atoms with Gasteiger partial charge in [-0.15, -0.1) is 0 Å². The van der Waals surface area contributed by atoms with E-state index in [9.17, 15) is 0 Å². The van der Waals surface area contributed by atoms with Crippen molar-refractivity contribution in [1.82, 2.24) is 5.32 Å². The quantitative estimate of drug-likeness (QED) is 0.697. The molecule has 12 heavy (non-hydrogen) atoms. The van der Waals surface area contributed by atoms with Crippen LogP contribution >= 0.6 is 0 Å². The van der Waals surface area contributed by atoms with Crippen LogP contribution in [0.5, 0.6) is 0 Å². The average molecular weight is 171 g/mol. The molecule has 1 aliphatic heterocycles. The smallest absolute Gasteiger partial charge is 0.0571 e. The molecule has 0 aromatic rings. The highest BCUT2D eigenvalue weighted by Crippen LogP contribution is 2.25. The van der Waals surface area contributed by atoms with Crippen molar-refractivity contribution in [1.29, 1.82) is 0 Å². The van der Waals surface area contributed by atoms with Crippen molar-refractivity contribution in [3.8, 4) is 0 Å². The Morgan fingerprint density at radius 3 is 2.33 bits per heavy atom. The standard InChI is InChI=1S/C10H21NO/c1-8(9(2)12-3)10-4-6-11-7-5-10/h8-11H,4-7H2,1-3H3. The number of hydrogen-bond acceptors (Lipinski definition) is 2. The van der Waals surface area contributed by atoms with Crippen molar-refractivity contribution < 1.29 is 4.74 Å². The fraction of sp³-hybridized carbons (Fsp3) is 1.00. The van der Waals surface area contributed by atoms with Crippen molar-refractivity contribution in [2.45, 2.75) is 32.8 Å². The molecule has 2 heteroatoms. The van der Waals surface area contributed by atoms with E-state index in [1.165, 1.54) is 25.9 Å². The summed E-state index contributed by atoms with van der Waals surface area (Å²) in [6.45, 7) is 6.85. The first kappa shape index (κ1) is 10.0. The first-order chi connectivity index (χ1) is 5.75. The van der Waals surface area contributed by atoms with Crippen LogP contribution in [0.15, 0.2) is 0 Å². The van der Waals surface area contributed by atoms with Gasteiger partial charge in [0.2, 0.25) is 0 Å². The number of nitrogens with one attached hydrogen (secondary N) is 1. The molecule has 0 aromatic carbocycles. The highest BCUT2D eigenvalue weighted by atomic mass is 16.5. The molecule has 0 spiro atoms. The third-order valence-corrected chi connectivity index (χ3v) is 3.24. The van der Waals surface area contributed by atoms with Crippen LogP contribution in [0.3, 0.4) is 0 Å². The lowest BCUT2D eigenvalue weighted by atomic mass is 9.83. The second-order valence-corrected chi connectivity index (χ2v) is 3.89. The maximum absolute atomic E-state index is 5.34. The first-order valence-corrected chi connectivity index (χ1v) is 4.99. The third-order valence-electron chi connectivity index (χ3n) is 3.24. The van der Waals surface area contributed by atoms with E-state index in [1.807, 2.05) is 7.11 Å². The molecule has 1 rings (SSSR count). The molecular formula is C10H21NO. The predicted molar refractivity (Wildman–Crippen MR) is 51.2 cm³/mol. The molecule has 1 N–H and O–H groups in total. The molecule has 0 amide bonds. The van der Waals surface area contributed by atoms with Gasteiger partial charge in [0.15, 0.2) is 0 Å². The molecule has 1 saturated heterocycles. The average Bonchev–Trinajstić information content (AvgIpc) is 2.17. The number of methoxy groups -OCH3 is 1. The highest BCUT2D eigenvalue weighted by molar-refractivity contribution is 4.76. The van der Waals surface area contributed by atoms with Crippen molar-refractivity contribution in [3.63, 3.8) is 0 Å². The van der Waals surface area contributed by atoms with E-state index in [1.54, 1.807) is 0 Å².